The number of pyridine rings is 1. The summed E-state index contributed by atoms with van der Waals surface area (Å²) in [7, 11) is -2.55. The second-order valence-electron chi connectivity index (χ2n) is 11.8. The molecule has 10 heteroatoms. The fourth-order valence-corrected chi connectivity index (χ4v) is 7.46. The second-order valence-corrected chi connectivity index (χ2v) is 13.5. The number of carbonyl (C=O) groups excluding carboxylic acids is 1. The molecule has 6 rings (SSSR count). The molecule has 2 aromatic heterocycles. The van der Waals surface area contributed by atoms with E-state index in [0.717, 1.165) is 5.57 Å². The molecule has 218 valence electrons. The molecule has 2 aromatic carbocycles. The molecule has 1 amide bonds. The van der Waals surface area contributed by atoms with E-state index in [-0.39, 0.29) is 28.5 Å². The standard InChI is InChI=1S/C32H32FN3O5S/c1-32(2,3)41-31(37)35-18-21-14-20(15-22(21)19-35)28-17-27-25(26-16-23(33)10-11-29(26)40-4)12-13-34-30(27)36(28)42(38,39)24-8-6-5-7-9-24/h5-14,16-17,21-22H,15,18-19H2,1-4H3. The summed E-state index contributed by atoms with van der Waals surface area (Å²) in [6.07, 6.45) is 3.84. The van der Waals surface area contributed by atoms with E-state index in [0.29, 0.717) is 47.5 Å². The summed E-state index contributed by atoms with van der Waals surface area (Å²) >= 11 is 0. The maximum atomic E-state index is 14.4. The molecule has 1 fully saturated rings. The Morgan fingerprint density at radius 3 is 2.48 bits per heavy atom. The highest BCUT2D eigenvalue weighted by molar-refractivity contribution is 7.90. The summed E-state index contributed by atoms with van der Waals surface area (Å²) in [5, 5.41) is 0.559. The number of amides is 1. The lowest BCUT2D eigenvalue weighted by Gasteiger charge is -2.24. The van der Waals surface area contributed by atoms with Crippen molar-refractivity contribution >= 4 is 32.7 Å². The first-order valence-corrected chi connectivity index (χ1v) is 15.2. The lowest BCUT2D eigenvalue weighted by molar-refractivity contribution is 0.0285. The van der Waals surface area contributed by atoms with Crippen molar-refractivity contribution in [3.8, 4) is 16.9 Å². The summed E-state index contributed by atoms with van der Waals surface area (Å²) in [5.41, 5.74) is 2.12. The first-order valence-electron chi connectivity index (χ1n) is 13.8. The van der Waals surface area contributed by atoms with Gasteiger partial charge in [-0.2, -0.15) is 0 Å². The van der Waals surface area contributed by atoms with Gasteiger partial charge >= 0.3 is 6.09 Å². The van der Waals surface area contributed by atoms with Crippen LogP contribution in [0, 0.1) is 17.7 Å². The van der Waals surface area contributed by atoms with Gasteiger partial charge in [0, 0.05) is 36.2 Å². The van der Waals surface area contributed by atoms with Gasteiger partial charge in [0.25, 0.3) is 10.0 Å². The largest absolute Gasteiger partial charge is 0.496 e. The summed E-state index contributed by atoms with van der Waals surface area (Å²) in [6.45, 7) is 6.54. The molecular formula is C32H32FN3O5S. The number of rotatable bonds is 5. The van der Waals surface area contributed by atoms with Gasteiger partial charge < -0.3 is 14.4 Å². The summed E-state index contributed by atoms with van der Waals surface area (Å²) < 4.78 is 55.1. The smallest absolute Gasteiger partial charge is 0.410 e. The number of methoxy groups -OCH3 is 1. The second kappa shape index (κ2) is 10.3. The number of aromatic nitrogens is 2. The highest BCUT2D eigenvalue weighted by Gasteiger charge is 2.41. The van der Waals surface area contributed by atoms with E-state index in [2.05, 4.69) is 11.1 Å². The van der Waals surface area contributed by atoms with Crippen molar-refractivity contribution in [1.82, 2.24) is 13.9 Å². The molecule has 0 bridgehead atoms. The third-order valence-electron chi connectivity index (χ3n) is 7.76. The average molecular weight is 590 g/mol. The molecule has 0 spiro atoms. The van der Waals surface area contributed by atoms with Crippen LogP contribution in [0.25, 0.3) is 27.7 Å². The van der Waals surface area contributed by atoms with Crippen molar-refractivity contribution in [3.05, 3.63) is 84.4 Å². The Labute approximate surface area is 244 Å². The van der Waals surface area contributed by atoms with Crippen LogP contribution in [0.5, 0.6) is 5.75 Å². The molecule has 1 saturated heterocycles. The number of hydrogen-bond donors (Lipinski definition) is 0. The molecule has 0 N–H and O–H groups in total. The Balaban J connectivity index is 1.49. The Hall–Kier alpha value is -4.18. The predicted octanol–water partition coefficient (Wildman–Crippen LogP) is 6.36. The predicted molar refractivity (Wildman–Crippen MR) is 158 cm³/mol. The van der Waals surface area contributed by atoms with Gasteiger partial charge in [-0.05, 0) is 86.7 Å². The Morgan fingerprint density at radius 1 is 1.02 bits per heavy atom. The van der Waals surface area contributed by atoms with Gasteiger partial charge in [-0.1, -0.05) is 24.3 Å². The van der Waals surface area contributed by atoms with E-state index in [1.807, 2.05) is 26.8 Å². The summed E-state index contributed by atoms with van der Waals surface area (Å²) in [5.74, 6) is 0.220. The molecule has 2 aliphatic rings. The van der Waals surface area contributed by atoms with Crippen LogP contribution in [0.4, 0.5) is 9.18 Å². The van der Waals surface area contributed by atoms with Crippen molar-refractivity contribution in [2.75, 3.05) is 20.2 Å². The number of allylic oxidation sites excluding steroid dienone is 1. The fraction of sp³-hybridized carbons (Fsp3) is 0.312. The summed E-state index contributed by atoms with van der Waals surface area (Å²) in [4.78, 5) is 19.1. The quantitative estimate of drug-likeness (QED) is 0.269. The Morgan fingerprint density at radius 2 is 1.79 bits per heavy atom. The van der Waals surface area contributed by atoms with Crippen LogP contribution in [0.15, 0.2) is 77.8 Å². The first kappa shape index (κ1) is 28.0. The molecular weight excluding hydrogens is 557 g/mol. The van der Waals surface area contributed by atoms with Crippen molar-refractivity contribution < 1.29 is 27.1 Å². The lowest BCUT2D eigenvalue weighted by atomic mass is 9.99. The van der Waals surface area contributed by atoms with Crippen LogP contribution in [0.3, 0.4) is 0 Å². The fourth-order valence-electron chi connectivity index (χ4n) is 5.94. The highest BCUT2D eigenvalue weighted by Crippen LogP contribution is 2.45. The van der Waals surface area contributed by atoms with E-state index in [4.69, 9.17) is 9.47 Å². The molecule has 2 atom stereocenters. The molecule has 1 aliphatic carbocycles. The maximum absolute atomic E-state index is 14.4. The van der Waals surface area contributed by atoms with Crippen molar-refractivity contribution in [2.24, 2.45) is 11.8 Å². The number of halogens is 1. The zero-order valence-electron chi connectivity index (χ0n) is 23.9. The third-order valence-corrected chi connectivity index (χ3v) is 9.48. The van der Waals surface area contributed by atoms with Gasteiger partial charge in [0.15, 0.2) is 5.65 Å². The van der Waals surface area contributed by atoms with Crippen molar-refractivity contribution in [3.63, 3.8) is 0 Å². The van der Waals surface area contributed by atoms with Crippen LogP contribution >= 0.6 is 0 Å². The highest BCUT2D eigenvalue weighted by atomic mass is 32.2. The Kier molecular flexibility index (Phi) is 6.84. The molecule has 8 nitrogen and oxygen atoms in total. The maximum Gasteiger partial charge on any atom is 0.410 e. The molecule has 2 unspecified atom stereocenters. The normalized spacial score (nSPS) is 18.7. The Bertz CT molecular complexity index is 1830. The molecule has 3 heterocycles. The number of benzene rings is 2. The minimum Gasteiger partial charge on any atom is -0.496 e. The number of fused-ring (bicyclic) bond motifs is 2. The topological polar surface area (TPSA) is 90.7 Å². The van der Waals surface area contributed by atoms with Crippen LogP contribution in [-0.4, -0.2) is 54.2 Å². The van der Waals surface area contributed by atoms with Gasteiger partial charge in [-0.3, -0.25) is 0 Å². The minimum atomic E-state index is -4.06. The van der Waals surface area contributed by atoms with E-state index in [1.165, 1.54) is 29.4 Å². The van der Waals surface area contributed by atoms with Crippen LogP contribution < -0.4 is 4.74 Å². The van der Waals surface area contributed by atoms with Gasteiger partial charge in [-0.25, -0.2) is 26.6 Å². The van der Waals surface area contributed by atoms with Crippen molar-refractivity contribution in [1.29, 1.82) is 0 Å². The lowest BCUT2D eigenvalue weighted by Crippen LogP contribution is -2.35. The average Bonchev–Trinajstić information content (AvgIpc) is 3.64. The monoisotopic (exact) mass is 589 g/mol. The number of hydrogen-bond acceptors (Lipinski definition) is 6. The number of ether oxygens (including phenoxy) is 2. The van der Waals surface area contributed by atoms with Gasteiger partial charge in [0.2, 0.25) is 0 Å². The van der Waals surface area contributed by atoms with Gasteiger partial charge in [0.1, 0.15) is 17.2 Å². The zero-order chi connectivity index (χ0) is 29.8. The van der Waals surface area contributed by atoms with E-state index >= 15 is 0 Å². The molecule has 0 radical (unpaired) electrons. The summed E-state index contributed by atoms with van der Waals surface area (Å²) in [6, 6.07) is 16.0. The molecule has 0 saturated carbocycles. The van der Waals surface area contributed by atoms with Gasteiger partial charge in [-0.15, -0.1) is 0 Å². The SMILES string of the molecule is COc1ccc(F)cc1-c1ccnc2c1cc(C1=CC3CN(C(=O)OC(C)(C)C)CC3C1)n2S(=O)(=O)c1ccccc1. The van der Waals surface area contributed by atoms with E-state index in [1.54, 1.807) is 47.4 Å². The number of carbonyl (C=O) groups is 1. The van der Waals surface area contributed by atoms with Crippen LogP contribution in [0.1, 0.15) is 32.9 Å². The van der Waals surface area contributed by atoms with Crippen LogP contribution in [0.2, 0.25) is 0 Å². The number of nitrogens with zero attached hydrogens (tertiary/aromatic N) is 3. The van der Waals surface area contributed by atoms with Crippen molar-refractivity contribution in [2.45, 2.75) is 37.7 Å². The van der Waals surface area contributed by atoms with Crippen LogP contribution in [-0.2, 0) is 14.8 Å². The van der Waals surface area contributed by atoms with E-state index < -0.39 is 21.4 Å². The minimum absolute atomic E-state index is 0.0640. The van der Waals surface area contributed by atoms with Gasteiger partial charge in [0.05, 0.1) is 17.7 Å². The molecule has 42 heavy (non-hydrogen) atoms. The van der Waals surface area contributed by atoms with E-state index in [9.17, 15) is 17.6 Å². The third kappa shape index (κ3) is 4.93. The zero-order valence-corrected chi connectivity index (χ0v) is 24.7. The first-order chi connectivity index (χ1) is 20.0. The number of likely N-dealkylation sites (tertiary alicyclic amines) is 1. The molecule has 1 aliphatic heterocycles. The molecule has 4 aromatic rings.